The number of para-hydroxylation sites is 1. The van der Waals surface area contributed by atoms with Crippen molar-refractivity contribution in [3.63, 3.8) is 0 Å². The lowest BCUT2D eigenvalue weighted by atomic mass is 10.1. The highest BCUT2D eigenvalue weighted by atomic mass is 16.5. The minimum atomic E-state index is -1.04. The number of ether oxygens (including phenoxy) is 1. The molecule has 1 N–H and O–H groups in total. The molecular formula is C17H20O4. The Bertz CT molecular complexity index is 568. The highest BCUT2D eigenvalue weighted by Gasteiger charge is 2.09. The molecule has 4 nitrogen and oxygen atoms in total. The molecule has 0 bridgehead atoms. The molecule has 112 valence electrons. The van der Waals surface area contributed by atoms with Crippen molar-refractivity contribution in [3.05, 3.63) is 53.6 Å². The molecule has 0 atom stereocenters. The van der Waals surface area contributed by atoms with Gasteiger partial charge in [0.2, 0.25) is 0 Å². The number of carbonyl (C=O) groups excluding carboxylic acids is 1. The van der Waals surface area contributed by atoms with Crippen LogP contribution in [0.25, 0.3) is 0 Å². The number of ketones is 1. The van der Waals surface area contributed by atoms with Crippen molar-refractivity contribution in [3.8, 4) is 5.75 Å². The second-order valence-corrected chi connectivity index (χ2v) is 5.13. The number of benzene rings is 1. The molecule has 0 fully saturated rings. The summed E-state index contributed by atoms with van der Waals surface area (Å²) in [4.78, 5) is 22.7. The highest BCUT2D eigenvalue weighted by molar-refractivity contribution is 6.06. The van der Waals surface area contributed by atoms with Crippen molar-refractivity contribution in [1.82, 2.24) is 0 Å². The van der Waals surface area contributed by atoms with Gasteiger partial charge < -0.3 is 9.84 Å². The number of hydrogen-bond acceptors (Lipinski definition) is 3. The van der Waals surface area contributed by atoms with Crippen LogP contribution in [0.15, 0.2) is 48.1 Å². The molecule has 0 radical (unpaired) electrons. The molecule has 1 rings (SSSR count). The summed E-state index contributed by atoms with van der Waals surface area (Å²) < 4.78 is 5.63. The monoisotopic (exact) mass is 288 g/mol. The van der Waals surface area contributed by atoms with Crippen molar-refractivity contribution in [2.45, 2.75) is 20.8 Å². The van der Waals surface area contributed by atoms with Gasteiger partial charge in [-0.3, -0.25) is 4.79 Å². The van der Waals surface area contributed by atoms with Crippen LogP contribution < -0.4 is 4.74 Å². The number of allylic oxidation sites excluding steroid dienone is 3. The predicted molar refractivity (Wildman–Crippen MR) is 81.6 cm³/mol. The zero-order valence-electron chi connectivity index (χ0n) is 12.5. The summed E-state index contributed by atoms with van der Waals surface area (Å²) in [6, 6.07) is 7.02. The Balaban J connectivity index is 2.87. The molecular weight excluding hydrogens is 268 g/mol. The molecule has 0 saturated carbocycles. The van der Waals surface area contributed by atoms with Crippen LogP contribution in [-0.2, 0) is 4.79 Å². The van der Waals surface area contributed by atoms with Gasteiger partial charge in [0.25, 0.3) is 0 Å². The van der Waals surface area contributed by atoms with Gasteiger partial charge in [-0.2, -0.15) is 0 Å². The number of carboxylic acids is 1. The van der Waals surface area contributed by atoms with Crippen LogP contribution in [0.3, 0.4) is 0 Å². The molecule has 0 saturated heterocycles. The zero-order valence-corrected chi connectivity index (χ0v) is 12.5. The number of rotatable bonds is 7. The lowest BCUT2D eigenvalue weighted by Crippen LogP contribution is -2.07. The van der Waals surface area contributed by atoms with Gasteiger partial charge in [-0.15, -0.1) is 0 Å². The molecule has 1 aromatic rings. The maximum atomic E-state index is 12.2. The van der Waals surface area contributed by atoms with Gasteiger partial charge in [0, 0.05) is 6.08 Å². The number of hydrogen-bond donors (Lipinski definition) is 1. The first-order valence-electron chi connectivity index (χ1n) is 6.75. The average Bonchev–Trinajstić information content (AvgIpc) is 2.42. The fraction of sp³-hybridized carbons (Fsp3) is 0.294. The fourth-order valence-electron chi connectivity index (χ4n) is 1.59. The second kappa shape index (κ2) is 8.04. The second-order valence-electron chi connectivity index (χ2n) is 5.13. The van der Waals surface area contributed by atoms with E-state index in [0.717, 1.165) is 6.08 Å². The first-order valence-corrected chi connectivity index (χ1v) is 6.75. The van der Waals surface area contributed by atoms with E-state index in [2.05, 4.69) is 0 Å². The maximum Gasteiger partial charge on any atom is 0.328 e. The van der Waals surface area contributed by atoms with Crippen LogP contribution in [0.1, 0.15) is 31.1 Å². The van der Waals surface area contributed by atoms with Gasteiger partial charge in [0.1, 0.15) is 5.75 Å². The molecule has 4 heteroatoms. The molecule has 0 aliphatic rings. The summed E-state index contributed by atoms with van der Waals surface area (Å²) in [5.74, 6) is -0.345. The minimum Gasteiger partial charge on any atom is -0.493 e. The minimum absolute atomic E-state index is 0.215. The molecule has 0 aliphatic carbocycles. The van der Waals surface area contributed by atoms with Gasteiger partial charge >= 0.3 is 5.97 Å². The molecule has 21 heavy (non-hydrogen) atoms. The Hall–Kier alpha value is -2.36. The normalized spacial score (nSPS) is 11.9. The van der Waals surface area contributed by atoms with E-state index < -0.39 is 5.97 Å². The Morgan fingerprint density at radius 3 is 2.52 bits per heavy atom. The molecule has 0 spiro atoms. The maximum absolute atomic E-state index is 12.2. The topological polar surface area (TPSA) is 63.6 Å². The van der Waals surface area contributed by atoms with Crippen molar-refractivity contribution in [2.24, 2.45) is 5.92 Å². The summed E-state index contributed by atoms with van der Waals surface area (Å²) in [7, 11) is 0. The Kier molecular flexibility index (Phi) is 6.40. The van der Waals surface area contributed by atoms with Crippen LogP contribution in [0, 0.1) is 5.92 Å². The van der Waals surface area contributed by atoms with Crippen LogP contribution >= 0.6 is 0 Å². The SMILES string of the molecule is CC(/C=C/C(=O)c1ccccc1OCC(C)C)=C\C(=O)O. The van der Waals surface area contributed by atoms with Crippen molar-refractivity contribution in [2.75, 3.05) is 6.61 Å². The molecule has 1 aromatic carbocycles. The first-order chi connectivity index (χ1) is 9.90. The van der Waals surface area contributed by atoms with Crippen LogP contribution in [0.2, 0.25) is 0 Å². The largest absolute Gasteiger partial charge is 0.493 e. The van der Waals surface area contributed by atoms with Gasteiger partial charge in [-0.05, 0) is 36.6 Å². The van der Waals surface area contributed by atoms with E-state index in [1.165, 1.54) is 12.2 Å². The summed E-state index contributed by atoms with van der Waals surface area (Å²) in [6.45, 7) is 6.22. The Morgan fingerprint density at radius 1 is 1.24 bits per heavy atom. The van der Waals surface area contributed by atoms with Crippen molar-refractivity contribution < 1.29 is 19.4 Å². The van der Waals surface area contributed by atoms with E-state index in [1.54, 1.807) is 25.1 Å². The average molecular weight is 288 g/mol. The summed E-state index contributed by atoms with van der Waals surface area (Å²) >= 11 is 0. The lowest BCUT2D eigenvalue weighted by molar-refractivity contribution is -0.131. The van der Waals surface area contributed by atoms with Gasteiger partial charge in [0.05, 0.1) is 12.2 Å². The van der Waals surface area contributed by atoms with Crippen molar-refractivity contribution in [1.29, 1.82) is 0 Å². The van der Waals surface area contributed by atoms with E-state index in [0.29, 0.717) is 29.4 Å². The predicted octanol–water partition coefficient (Wildman–Crippen LogP) is 3.49. The Labute approximate surface area is 124 Å². The van der Waals surface area contributed by atoms with Gasteiger partial charge in [0.15, 0.2) is 5.78 Å². The molecule has 0 unspecified atom stereocenters. The standard InChI is InChI=1S/C17H20O4/c1-12(2)11-21-16-7-5-4-6-14(16)15(18)9-8-13(3)10-17(19)20/h4-10,12H,11H2,1-3H3,(H,19,20)/b9-8+,13-10+. The number of carboxylic acid groups (broad SMARTS) is 1. The van der Waals surface area contributed by atoms with E-state index in [9.17, 15) is 9.59 Å². The highest BCUT2D eigenvalue weighted by Crippen LogP contribution is 2.20. The van der Waals surface area contributed by atoms with Crippen LogP contribution in [0.5, 0.6) is 5.75 Å². The fourth-order valence-corrected chi connectivity index (χ4v) is 1.59. The zero-order chi connectivity index (χ0) is 15.8. The molecule has 0 aliphatic heterocycles. The van der Waals surface area contributed by atoms with Gasteiger partial charge in [-0.25, -0.2) is 4.79 Å². The molecule has 0 heterocycles. The quantitative estimate of drug-likeness (QED) is 0.474. The first kappa shape index (κ1) is 16.7. The molecule has 0 amide bonds. The third kappa shape index (κ3) is 6.08. The summed E-state index contributed by atoms with van der Waals surface area (Å²) in [6.07, 6.45) is 3.88. The van der Waals surface area contributed by atoms with Crippen LogP contribution in [0.4, 0.5) is 0 Å². The summed E-state index contributed by atoms with van der Waals surface area (Å²) in [5, 5.41) is 8.62. The van der Waals surface area contributed by atoms with E-state index >= 15 is 0 Å². The van der Waals surface area contributed by atoms with E-state index in [4.69, 9.17) is 9.84 Å². The lowest BCUT2D eigenvalue weighted by Gasteiger charge is -2.11. The molecule has 0 aromatic heterocycles. The summed E-state index contributed by atoms with van der Waals surface area (Å²) in [5.41, 5.74) is 0.967. The van der Waals surface area contributed by atoms with E-state index in [1.807, 2.05) is 19.9 Å². The third-order valence-electron chi connectivity index (χ3n) is 2.57. The van der Waals surface area contributed by atoms with E-state index in [-0.39, 0.29) is 5.78 Å². The van der Waals surface area contributed by atoms with Gasteiger partial charge in [-0.1, -0.05) is 32.1 Å². The van der Waals surface area contributed by atoms with Crippen LogP contribution in [-0.4, -0.2) is 23.5 Å². The smallest absolute Gasteiger partial charge is 0.328 e. The number of carbonyl (C=O) groups is 2. The Morgan fingerprint density at radius 2 is 1.90 bits per heavy atom. The third-order valence-corrected chi connectivity index (χ3v) is 2.57. The number of aliphatic carboxylic acids is 1. The van der Waals surface area contributed by atoms with Crippen molar-refractivity contribution >= 4 is 11.8 Å².